The molecule has 3 aromatic rings. The van der Waals surface area contributed by atoms with E-state index in [2.05, 4.69) is 20.1 Å². The monoisotopic (exact) mass is 487 g/mol. The molecule has 35 heavy (non-hydrogen) atoms. The molecule has 0 bridgehead atoms. The molecule has 3 aromatic heterocycles. The highest BCUT2D eigenvalue weighted by molar-refractivity contribution is 5.86. The molecule has 13 heteroatoms. The second-order valence-electron chi connectivity index (χ2n) is 9.85. The standard InChI is InChI=1S/C22H27F2N9O2/c1-21(23,24)12-30-9-10-32(22(13-30)6-7-22)17(34)14-4-2-8-31(14)19-27-18(25)33-20(28-19)26-16(29-33)15-5-3-11-35-15/h3,5,11,14H,2,4,6-10,12-13H2,1H3,(H2,25,26,27,28,29)/t14-/m0/s1. The van der Waals surface area contributed by atoms with Crippen molar-refractivity contribution in [2.24, 2.45) is 0 Å². The van der Waals surface area contributed by atoms with E-state index in [-0.39, 0.29) is 29.7 Å². The van der Waals surface area contributed by atoms with Crippen molar-refractivity contribution in [1.29, 1.82) is 0 Å². The zero-order valence-corrected chi connectivity index (χ0v) is 19.4. The normalized spacial score (nSPS) is 22.4. The number of alkyl halides is 2. The fraction of sp³-hybridized carbons (Fsp3) is 0.591. The lowest BCUT2D eigenvalue weighted by atomic mass is 10.1. The van der Waals surface area contributed by atoms with E-state index < -0.39 is 12.0 Å². The van der Waals surface area contributed by atoms with Crippen molar-refractivity contribution >= 4 is 23.6 Å². The first-order valence-electron chi connectivity index (χ1n) is 11.8. The quantitative estimate of drug-likeness (QED) is 0.573. The summed E-state index contributed by atoms with van der Waals surface area (Å²) in [5.41, 5.74) is 5.82. The molecule has 2 N–H and O–H groups in total. The fourth-order valence-corrected chi connectivity index (χ4v) is 5.38. The number of aromatic nitrogens is 5. The number of carbonyl (C=O) groups excluding carboxylic acids is 1. The van der Waals surface area contributed by atoms with E-state index in [1.165, 1.54) is 10.8 Å². The van der Waals surface area contributed by atoms with Crippen molar-refractivity contribution in [3.05, 3.63) is 18.4 Å². The van der Waals surface area contributed by atoms with Gasteiger partial charge in [-0.15, -0.1) is 5.10 Å². The lowest BCUT2D eigenvalue weighted by Gasteiger charge is -2.44. The Morgan fingerprint density at radius 1 is 1.26 bits per heavy atom. The Bertz CT molecular complexity index is 1250. The van der Waals surface area contributed by atoms with Crippen molar-refractivity contribution < 1.29 is 18.0 Å². The largest absolute Gasteiger partial charge is 0.461 e. The van der Waals surface area contributed by atoms with Crippen LogP contribution >= 0.6 is 0 Å². The smallest absolute Gasteiger partial charge is 0.259 e. The van der Waals surface area contributed by atoms with Crippen LogP contribution in [-0.4, -0.2) is 90.5 Å². The Labute approximate surface area is 199 Å². The van der Waals surface area contributed by atoms with Crippen LogP contribution in [0.4, 0.5) is 20.7 Å². The maximum absolute atomic E-state index is 13.7. The molecule has 1 amide bonds. The van der Waals surface area contributed by atoms with Crippen LogP contribution in [0.5, 0.6) is 0 Å². The summed E-state index contributed by atoms with van der Waals surface area (Å²) in [5, 5.41) is 4.32. The van der Waals surface area contributed by atoms with Crippen LogP contribution in [0.3, 0.4) is 0 Å². The third-order valence-electron chi connectivity index (χ3n) is 7.08. The van der Waals surface area contributed by atoms with E-state index in [1.54, 1.807) is 17.0 Å². The minimum atomic E-state index is -2.75. The third-order valence-corrected chi connectivity index (χ3v) is 7.08. The van der Waals surface area contributed by atoms with Gasteiger partial charge in [0.2, 0.25) is 23.6 Å². The van der Waals surface area contributed by atoms with Crippen LogP contribution in [-0.2, 0) is 4.79 Å². The Hall–Kier alpha value is -3.35. The van der Waals surface area contributed by atoms with E-state index in [9.17, 15) is 13.6 Å². The minimum absolute atomic E-state index is 0.00250. The molecule has 3 fully saturated rings. The van der Waals surface area contributed by atoms with Crippen LogP contribution in [0.15, 0.2) is 22.8 Å². The number of fused-ring (bicyclic) bond motifs is 1. The number of furan rings is 1. The van der Waals surface area contributed by atoms with Gasteiger partial charge in [0.15, 0.2) is 5.76 Å². The fourth-order valence-electron chi connectivity index (χ4n) is 5.38. The highest BCUT2D eigenvalue weighted by Crippen LogP contribution is 2.45. The molecule has 0 unspecified atom stereocenters. The maximum atomic E-state index is 13.7. The number of nitrogens with zero attached hydrogens (tertiary/aromatic N) is 8. The number of amides is 1. The van der Waals surface area contributed by atoms with Crippen LogP contribution in [0.1, 0.15) is 32.6 Å². The molecule has 2 aliphatic heterocycles. The molecule has 2 saturated heterocycles. The number of rotatable bonds is 5. The van der Waals surface area contributed by atoms with E-state index in [0.717, 1.165) is 26.2 Å². The van der Waals surface area contributed by atoms with E-state index in [4.69, 9.17) is 10.2 Å². The summed E-state index contributed by atoms with van der Waals surface area (Å²) >= 11 is 0. The average Bonchev–Trinajstić information content (AvgIpc) is 3.27. The second-order valence-corrected chi connectivity index (χ2v) is 9.85. The van der Waals surface area contributed by atoms with Crippen molar-refractivity contribution in [1.82, 2.24) is 34.4 Å². The number of nitrogens with two attached hydrogens (primary N) is 1. The maximum Gasteiger partial charge on any atom is 0.259 e. The molecule has 0 aromatic carbocycles. The third kappa shape index (κ3) is 3.97. The molecule has 6 rings (SSSR count). The van der Waals surface area contributed by atoms with Crippen LogP contribution < -0.4 is 10.6 Å². The molecule has 1 aliphatic carbocycles. The zero-order chi connectivity index (χ0) is 24.4. The molecule has 11 nitrogen and oxygen atoms in total. The second kappa shape index (κ2) is 7.83. The van der Waals surface area contributed by atoms with Crippen LogP contribution in [0, 0.1) is 0 Å². The Morgan fingerprint density at radius 3 is 2.80 bits per heavy atom. The predicted octanol–water partition coefficient (Wildman–Crippen LogP) is 1.66. The Kier molecular flexibility index (Phi) is 4.95. The van der Waals surface area contributed by atoms with Crippen LogP contribution in [0.25, 0.3) is 17.4 Å². The lowest BCUT2D eigenvalue weighted by Crippen LogP contribution is -2.61. The highest BCUT2D eigenvalue weighted by Gasteiger charge is 2.55. The predicted molar refractivity (Wildman–Crippen MR) is 122 cm³/mol. The summed E-state index contributed by atoms with van der Waals surface area (Å²) < 4.78 is 33.9. The molecule has 0 radical (unpaired) electrons. The van der Waals surface area contributed by atoms with Gasteiger partial charge in [0, 0.05) is 33.1 Å². The number of hydrogen-bond donors (Lipinski definition) is 1. The van der Waals surface area contributed by atoms with Crippen molar-refractivity contribution in [3.8, 4) is 11.6 Å². The Balaban J connectivity index is 1.24. The summed E-state index contributed by atoms with van der Waals surface area (Å²) in [6.45, 7) is 2.64. The molecule has 1 atom stereocenters. The SMILES string of the molecule is CC(F)(F)CN1CCN(C(=O)[C@@H]2CCCN2c2nc(N)n3nc(-c4ccco4)nc3n2)C2(CC2)C1. The first kappa shape index (κ1) is 22.1. The molecule has 186 valence electrons. The number of anilines is 2. The molecule has 1 saturated carbocycles. The number of nitrogen functional groups attached to an aromatic ring is 1. The zero-order valence-electron chi connectivity index (χ0n) is 19.4. The summed E-state index contributed by atoms with van der Waals surface area (Å²) in [6, 6.07) is 3.05. The molecule has 1 spiro atoms. The topological polar surface area (TPSA) is 122 Å². The van der Waals surface area contributed by atoms with E-state index in [1.807, 2.05) is 9.80 Å². The number of carbonyl (C=O) groups is 1. The van der Waals surface area contributed by atoms with Gasteiger partial charge in [-0.05, 0) is 37.8 Å². The van der Waals surface area contributed by atoms with Crippen molar-refractivity contribution in [3.63, 3.8) is 0 Å². The number of halogens is 2. The Morgan fingerprint density at radius 2 is 2.09 bits per heavy atom. The molecule has 3 aliphatic rings. The van der Waals surface area contributed by atoms with Crippen molar-refractivity contribution in [2.45, 2.75) is 50.1 Å². The van der Waals surface area contributed by atoms with Gasteiger partial charge in [-0.1, -0.05) is 0 Å². The van der Waals surface area contributed by atoms with Crippen molar-refractivity contribution in [2.75, 3.05) is 43.4 Å². The summed E-state index contributed by atoms with van der Waals surface area (Å²) in [7, 11) is 0. The van der Waals surface area contributed by atoms with Gasteiger partial charge in [-0.2, -0.15) is 19.5 Å². The number of hydrogen-bond acceptors (Lipinski definition) is 9. The van der Waals surface area contributed by atoms with Gasteiger partial charge in [-0.25, -0.2) is 8.78 Å². The van der Waals surface area contributed by atoms with Crippen LogP contribution in [0.2, 0.25) is 0 Å². The minimum Gasteiger partial charge on any atom is -0.461 e. The average molecular weight is 488 g/mol. The summed E-state index contributed by atoms with van der Waals surface area (Å²) in [4.78, 5) is 32.7. The summed E-state index contributed by atoms with van der Waals surface area (Å²) in [5.74, 6) is -1.21. The number of piperazine rings is 1. The van der Waals surface area contributed by atoms with Gasteiger partial charge in [0.05, 0.1) is 18.3 Å². The van der Waals surface area contributed by atoms with E-state index >= 15 is 0 Å². The summed E-state index contributed by atoms with van der Waals surface area (Å²) in [6.07, 6.45) is 4.68. The van der Waals surface area contributed by atoms with Gasteiger partial charge in [0.25, 0.3) is 11.7 Å². The lowest BCUT2D eigenvalue weighted by molar-refractivity contribution is -0.139. The van der Waals surface area contributed by atoms with Gasteiger partial charge >= 0.3 is 0 Å². The van der Waals surface area contributed by atoms with Gasteiger partial charge < -0.3 is 20.0 Å². The molecule has 5 heterocycles. The van der Waals surface area contributed by atoms with Gasteiger partial charge in [0.1, 0.15) is 6.04 Å². The van der Waals surface area contributed by atoms with E-state index in [0.29, 0.717) is 50.1 Å². The molecular weight excluding hydrogens is 460 g/mol. The first-order chi connectivity index (χ1) is 16.7. The van der Waals surface area contributed by atoms with Gasteiger partial charge in [-0.3, -0.25) is 9.69 Å². The molecular formula is C22H27F2N9O2. The highest BCUT2D eigenvalue weighted by atomic mass is 19.3. The first-order valence-corrected chi connectivity index (χ1v) is 11.8.